The Morgan fingerprint density at radius 1 is 1.24 bits per heavy atom. The van der Waals surface area contributed by atoms with E-state index in [9.17, 15) is 0 Å². The summed E-state index contributed by atoms with van der Waals surface area (Å²) in [6.07, 6.45) is 0.906. The summed E-state index contributed by atoms with van der Waals surface area (Å²) in [5.74, 6) is 2.02. The van der Waals surface area contributed by atoms with Gasteiger partial charge < -0.3 is 5.73 Å². The van der Waals surface area contributed by atoms with Crippen molar-refractivity contribution in [3.8, 4) is 11.4 Å². The highest BCUT2D eigenvalue weighted by Crippen LogP contribution is 2.19. The van der Waals surface area contributed by atoms with E-state index < -0.39 is 0 Å². The molecule has 4 nitrogen and oxygen atoms in total. The molecule has 0 bridgehead atoms. The number of H-pyrrole nitrogens is 1. The molecule has 1 aromatic heterocycles. The Labute approximate surface area is 101 Å². The molecule has 17 heavy (non-hydrogen) atoms. The van der Waals surface area contributed by atoms with Gasteiger partial charge in [0.15, 0.2) is 5.82 Å². The fraction of sp³-hybridized carbons (Fsp3) is 0.385. The molecule has 1 aromatic carbocycles. The second-order valence-corrected chi connectivity index (χ2v) is 4.65. The summed E-state index contributed by atoms with van der Waals surface area (Å²) in [7, 11) is 0. The number of benzene rings is 1. The first-order chi connectivity index (χ1) is 8.16. The van der Waals surface area contributed by atoms with Gasteiger partial charge in [0.1, 0.15) is 5.82 Å². The zero-order chi connectivity index (χ0) is 12.3. The third-order valence-electron chi connectivity index (χ3n) is 2.61. The molecule has 1 heterocycles. The van der Waals surface area contributed by atoms with E-state index in [2.05, 4.69) is 29.0 Å². The van der Waals surface area contributed by atoms with E-state index in [0.29, 0.717) is 11.7 Å². The Bertz CT molecular complexity index is 461. The lowest BCUT2D eigenvalue weighted by Crippen LogP contribution is -2.14. The van der Waals surface area contributed by atoms with E-state index in [4.69, 9.17) is 5.73 Å². The van der Waals surface area contributed by atoms with Crippen molar-refractivity contribution >= 4 is 0 Å². The highest BCUT2D eigenvalue weighted by molar-refractivity contribution is 5.53. The maximum atomic E-state index is 6.05. The molecule has 0 spiro atoms. The van der Waals surface area contributed by atoms with E-state index in [1.54, 1.807) is 0 Å². The summed E-state index contributed by atoms with van der Waals surface area (Å²) >= 11 is 0. The number of aromatic amines is 1. The van der Waals surface area contributed by atoms with Crippen LogP contribution in [0.3, 0.4) is 0 Å². The van der Waals surface area contributed by atoms with Crippen LogP contribution in [0.2, 0.25) is 0 Å². The molecule has 2 aromatic rings. The monoisotopic (exact) mass is 230 g/mol. The molecule has 0 amide bonds. The van der Waals surface area contributed by atoms with E-state index in [0.717, 1.165) is 17.8 Å². The number of nitrogens with one attached hydrogen (secondary N) is 1. The maximum Gasteiger partial charge on any atom is 0.181 e. The van der Waals surface area contributed by atoms with Gasteiger partial charge in [-0.2, -0.15) is 5.10 Å². The number of nitrogens with two attached hydrogens (primary N) is 1. The predicted octanol–water partition coefficient (Wildman–Crippen LogP) is 2.52. The van der Waals surface area contributed by atoms with E-state index in [1.807, 2.05) is 30.3 Å². The minimum absolute atomic E-state index is 0.0695. The van der Waals surface area contributed by atoms with Crippen molar-refractivity contribution in [3.63, 3.8) is 0 Å². The van der Waals surface area contributed by atoms with Crippen molar-refractivity contribution in [1.82, 2.24) is 15.2 Å². The fourth-order valence-electron chi connectivity index (χ4n) is 1.78. The highest BCUT2D eigenvalue weighted by Gasteiger charge is 2.13. The third kappa shape index (κ3) is 2.91. The van der Waals surface area contributed by atoms with Crippen LogP contribution in [0.25, 0.3) is 11.4 Å². The molecule has 0 radical (unpaired) electrons. The van der Waals surface area contributed by atoms with Gasteiger partial charge in [-0.3, -0.25) is 5.10 Å². The van der Waals surface area contributed by atoms with Gasteiger partial charge in [-0.1, -0.05) is 44.2 Å². The molecule has 2 rings (SSSR count). The van der Waals surface area contributed by atoms with Gasteiger partial charge in [0.25, 0.3) is 0 Å². The predicted molar refractivity (Wildman–Crippen MR) is 68.2 cm³/mol. The van der Waals surface area contributed by atoms with Crippen LogP contribution >= 0.6 is 0 Å². The molecule has 90 valence electrons. The lowest BCUT2D eigenvalue weighted by molar-refractivity contribution is 0.494. The molecular formula is C13H18N4. The molecule has 0 aliphatic heterocycles. The Balaban J connectivity index is 2.16. The fourth-order valence-corrected chi connectivity index (χ4v) is 1.78. The van der Waals surface area contributed by atoms with Gasteiger partial charge in [0.2, 0.25) is 0 Å². The molecule has 1 atom stereocenters. The number of hydrogen-bond acceptors (Lipinski definition) is 3. The first-order valence-corrected chi connectivity index (χ1v) is 5.90. The molecule has 0 saturated carbocycles. The van der Waals surface area contributed by atoms with Crippen LogP contribution in [0, 0.1) is 5.92 Å². The highest BCUT2D eigenvalue weighted by atomic mass is 15.2. The minimum atomic E-state index is -0.0695. The Morgan fingerprint density at radius 2 is 1.94 bits per heavy atom. The van der Waals surface area contributed by atoms with Crippen LogP contribution in [0.5, 0.6) is 0 Å². The normalized spacial score (nSPS) is 12.9. The van der Waals surface area contributed by atoms with Crippen molar-refractivity contribution in [1.29, 1.82) is 0 Å². The molecule has 0 saturated heterocycles. The van der Waals surface area contributed by atoms with E-state index in [1.165, 1.54) is 0 Å². The third-order valence-corrected chi connectivity index (χ3v) is 2.61. The molecule has 0 aliphatic rings. The second kappa shape index (κ2) is 5.10. The standard InChI is InChI=1S/C13H18N4/c1-9(2)8-11(14)13-15-12(16-17-13)10-6-4-3-5-7-10/h3-7,9,11H,8,14H2,1-2H3,(H,15,16,17). The van der Waals surface area contributed by atoms with Gasteiger partial charge in [-0.25, -0.2) is 4.98 Å². The summed E-state index contributed by atoms with van der Waals surface area (Å²) < 4.78 is 0. The van der Waals surface area contributed by atoms with Gasteiger partial charge >= 0.3 is 0 Å². The number of aromatic nitrogens is 3. The Morgan fingerprint density at radius 3 is 2.59 bits per heavy atom. The molecule has 3 N–H and O–H groups in total. The molecular weight excluding hydrogens is 212 g/mol. The quantitative estimate of drug-likeness (QED) is 0.848. The van der Waals surface area contributed by atoms with Crippen LogP contribution in [0.15, 0.2) is 30.3 Å². The smallest absolute Gasteiger partial charge is 0.181 e. The SMILES string of the molecule is CC(C)CC(N)c1nc(-c2ccccc2)n[nH]1. The van der Waals surface area contributed by atoms with Crippen molar-refractivity contribution < 1.29 is 0 Å². The van der Waals surface area contributed by atoms with Gasteiger partial charge in [0.05, 0.1) is 6.04 Å². The second-order valence-electron chi connectivity index (χ2n) is 4.65. The number of hydrogen-bond donors (Lipinski definition) is 2. The van der Waals surface area contributed by atoms with Crippen molar-refractivity contribution in [2.45, 2.75) is 26.3 Å². The van der Waals surface area contributed by atoms with Crippen molar-refractivity contribution in [2.24, 2.45) is 11.7 Å². The van der Waals surface area contributed by atoms with Crippen LogP contribution in [-0.2, 0) is 0 Å². The van der Waals surface area contributed by atoms with E-state index >= 15 is 0 Å². The lowest BCUT2D eigenvalue weighted by atomic mass is 10.0. The first-order valence-electron chi connectivity index (χ1n) is 5.90. The molecule has 0 aliphatic carbocycles. The minimum Gasteiger partial charge on any atom is -0.321 e. The van der Waals surface area contributed by atoms with Crippen LogP contribution in [-0.4, -0.2) is 15.2 Å². The van der Waals surface area contributed by atoms with Gasteiger partial charge in [-0.15, -0.1) is 0 Å². The lowest BCUT2D eigenvalue weighted by Gasteiger charge is -2.10. The first kappa shape index (κ1) is 11.8. The van der Waals surface area contributed by atoms with Crippen LogP contribution in [0.4, 0.5) is 0 Å². The molecule has 4 heteroatoms. The molecule has 0 fully saturated rings. The Kier molecular flexibility index (Phi) is 3.54. The largest absolute Gasteiger partial charge is 0.321 e. The Hall–Kier alpha value is -1.68. The average Bonchev–Trinajstić information content (AvgIpc) is 2.78. The van der Waals surface area contributed by atoms with Crippen LogP contribution < -0.4 is 5.73 Å². The summed E-state index contributed by atoms with van der Waals surface area (Å²) in [6.45, 7) is 4.29. The topological polar surface area (TPSA) is 67.6 Å². The van der Waals surface area contributed by atoms with Crippen molar-refractivity contribution in [3.05, 3.63) is 36.2 Å². The number of rotatable bonds is 4. The maximum absolute atomic E-state index is 6.05. The summed E-state index contributed by atoms with van der Waals surface area (Å²) in [5, 5.41) is 7.12. The van der Waals surface area contributed by atoms with E-state index in [-0.39, 0.29) is 6.04 Å². The number of nitrogens with zero attached hydrogens (tertiary/aromatic N) is 2. The van der Waals surface area contributed by atoms with Crippen molar-refractivity contribution in [2.75, 3.05) is 0 Å². The van der Waals surface area contributed by atoms with Gasteiger partial charge in [-0.05, 0) is 12.3 Å². The van der Waals surface area contributed by atoms with Gasteiger partial charge in [0, 0.05) is 5.56 Å². The zero-order valence-corrected chi connectivity index (χ0v) is 10.2. The summed E-state index contributed by atoms with van der Waals surface area (Å²) in [4.78, 5) is 4.44. The zero-order valence-electron chi connectivity index (χ0n) is 10.2. The summed E-state index contributed by atoms with van der Waals surface area (Å²) in [6, 6.07) is 9.82. The molecule has 1 unspecified atom stereocenters. The summed E-state index contributed by atoms with van der Waals surface area (Å²) in [5.41, 5.74) is 7.06. The van der Waals surface area contributed by atoms with Crippen LogP contribution in [0.1, 0.15) is 32.1 Å². The average molecular weight is 230 g/mol.